The molecular formula is C17H17N3O4S2. The molecule has 0 bridgehead atoms. The fourth-order valence-corrected chi connectivity index (χ4v) is 5.15. The standard InChI is InChI=1S/C17H17N3O4S2/c21-17-15-4-9-25-16(15)18-12-19(17)11-13-2-1-3-14(10-13)26(22,23)20-5-7-24-8-6-20/h1-4,9-10,12H,5-8,11H2. The number of rotatable bonds is 4. The molecule has 0 N–H and O–H groups in total. The van der Waals surface area contributed by atoms with Gasteiger partial charge in [0.05, 0.1) is 36.4 Å². The van der Waals surface area contributed by atoms with Crippen molar-refractivity contribution in [3.05, 3.63) is 58.0 Å². The molecule has 0 spiro atoms. The van der Waals surface area contributed by atoms with Crippen molar-refractivity contribution in [1.29, 1.82) is 0 Å². The normalized spacial score (nSPS) is 16.2. The van der Waals surface area contributed by atoms with Crippen LogP contribution in [0.25, 0.3) is 10.2 Å². The number of ether oxygens (including phenoxy) is 1. The third kappa shape index (κ3) is 3.18. The molecule has 1 saturated heterocycles. The van der Waals surface area contributed by atoms with Gasteiger partial charge in [0.15, 0.2) is 0 Å². The van der Waals surface area contributed by atoms with Crippen LogP contribution in [0, 0.1) is 0 Å². The summed E-state index contributed by atoms with van der Waals surface area (Å²) in [4.78, 5) is 17.7. The van der Waals surface area contributed by atoms with Crippen molar-refractivity contribution >= 4 is 31.6 Å². The van der Waals surface area contributed by atoms with Crippen molar-refractivity contribution in [1.82, 2.24) is 13.9 Å². The molecule has 1 aliphatic rings. The highest BCUT2D eigenvalue weighted by atomic mass is 32.2. The van der Waals surface area contributed by atoms with E-state index in [0.29, 0.717) is 36.5 Å². The third-order valence-electron chi connectivity index (χ3n) is 4.31. The molecule has 1 fully saturated rings. The van der Waals surface area contributed by atoms with Crippen molar-refractivity contribution in [3.63, 3.8) is 0 Å². The fraction of sp³-hybridized carbons (Fsp3) is 0.294. The number of morpholine rings is 1. The van der Waals surface area contributed by atoms with Crippen LogP contribution in [0.4, 0.5) is 0 Å². The highest BCUT2D eigenvalue weighted by Gasteiger charge is 2.26. The Morgan fingerprint density at radius 3 is 2.81 bits per heavy atom. The predicted molar refractivity (Wildman–Crippen MR) is 99.0 cm³/mol. The lowest BCUT2D eigenvalue weighted by Gasteiger charge is -2.26. The largest absolute Gasteiger partial charge is 0.379 e. The Balaban J connectivity index is 1.65. The van der Waals surface area contributed by atoms with E-state index >= 15 is 0 Å². The predicted octanol–water partition coefficient (Wildman–Crippen LogP) is 1.53. The Morgan fingerprint density at radius 2 is 2.00 bits per heavy atom. The van der Waals surface area contributed by atoms with Crippen molar-refractivity contribution in [2.24, 2.45) is 0 Å². The van der Waals surface area contributed by atoms with Crippen LogP contribution in [0.1, 0.15) is 5.56 Å². The van der Waals surface area contributed by atoms with E-state index in [1.807, 2.05) is 11.4 Å². The van der Waals surface area contributed by atoms with E-state index < -0.39 is 10.0 Å². The van der Waals surface area contributed by atoms with Gasteiger partial charge in [0, 0.05) is 13.1 Å². The highest BCUT2D eigenvalue weighted by Crippen LogP contribution is 2.19. The molecule has 0 aliphatic carbocycles. The van der Waals surface area contributed by atoms with Crippen molar-refractivity contribution in [2.45, 2.75) is 11.4 Å². The summed E-state index contributed by atoms with van der Waals surface area (Å²) >= 11 is 1.42. The number of sulfonamides is 1. The fourth-order valence-electron chi connectivity index (χ4n) is 2.94. The lowest BCUT2D eigenvalue weighted by atomic mass is 10.2. The number of aromatic nitrogens is 2. The molecule has 0 radical (unpaired) electrons. The highest BCUT2D eigenvalue weighted by molar-refractivity contribution is 7.89. The van der Waals surface area contributed by atoms with Gasteiger partial charge in [0.1, 0.15) is 4.83 Å². The zero-order valence-electron chi connectivity index (χ0n) is 13.9. The molecule has 4 rings (SSSR count). The molecule has 26 heavy (non-hydrogen) atoms. The monoisotopic (exact) mass is 391 g/mol. The van der Waals surface area contributed by atoms with Gasteiger partial charge in [-0.25, -0.2) is 13.4 Å². The van der Waals surface area contributed by atoms with Crippen molar-refractivity contribution < 1.29 is 13.2 Å². The SMILES string of the molecule is O=c1c2ccsc2ncn1Cc1cccc(S(=O)(=O)N2CCOCC2)c1. The zero-order chi connectivity index (χ0) is 18.1. The summed E-state index contributed by atoms with van der Waals surface area (Å²) in [6.45, 7) is 1.78. The molecule has 0 amide bonds. The maximum absolute atomic E-state index is 12.8. The average Bonchev–Trinajstić information content (AvgIpc) is 3.15. The minimum atomic E-state index is -3.56. The number of hydrogen-bond acceptors (Lipinski definition) is 6. The van der Waals surface area contributed by atoms with Gasteiger partial charge in [-0.05, 0) is 29.1 Å². The molecular weight excluding hydrogens is 374 g/mol. The number of hydrogen-bond donors (Lipinski definition) is 0. The second-order valence-electron chi connectivity index (χ2n) is 5.98. The van der Waals surface area contributed by atoms with E-state index in [0.717, 1.165) is 5.56 Å². The summed E-state index contributed by atoms with van der Waals surface area (Å²) in [6.07, 6.45) is 1.50. The molecule has 1 aliphatic heterocycles. The van der Waals surface area contributed by atoms with Gasteiger partial charge in [-0.3, -0.25) is 9.36 Å². The Morgan fingerprint density at radius 1 is 1.19 bits per heavy atom. The minimum Gasteiger partial charge on any atom is -0.379 e. The van der Waals surface area contributed by atoms with Gasteiger partial charge >= 0.3 is 0 Å². The molecule has 136 valence electrons. The number of thiophene rings is 1. The first-order valence-electron chi connectivity index (χ1n) is 8.15. The van der Waals surface area contributed by atoms with E-state index in [1.165, 1.54) is 26.5 Å². The minimum absolute atomic E-state index is 0.127. The van der Waals surface area contributed by atoms with Gasteiger partial charge in [0.2, 0.25) is 10.0 Å². The molecule has 3 heterocycles. The summed E-state index contributed by atoms with van der Waals surface area (Å²) < 4.78 is 33.7. The van der Waals surface area contributed by atoms with Gasteiger partial charge in [0.25, 0.3) is 5.56 Å². The van der Waals surface area contributed by atoms with E-state index in [1.54, 1.807) is 24.3 Å². The summed E-state index contributed by atoms with van der Waals surface area (Å²) in [5.41, 5.74) is 0.607. The van der Waals surface area contributed by atoms with Crippen LogP contribution >= 0.6 is 11.3 Å². The first-order chi connectivity index (χ1) is 12.6. The smallest absolute Gasteiger partial charge is 0.262 e. The van der Waals surface area contributed by atoms with Crippen LogP contribution in [0.3, 0.4) is 0 Å². The molecule has 7 nitrogen and oxygen atoms in total. The first kappa shape index (κ1) is 17.3. The molecule has 9 heteroatoms. The number of nitrogens with zero attached hydrogens (tertiary/aromatic N) is 3. The molecule has 0 saturated carbocycles. The number of fused-ring (bicyclic) bond motifs is 1. The Bertz CT molecular complexity index is 1100. The zero-order valence-corrected chi connectivity index (χ0v) is 15.5. The van der Waals surface area contributed by atoms with Crippen LogP contribution in [0.5, 0.6) is 0 Å². The Hall–Kier alpha value is -2.07. The van der Waals surface area contributed by atoms with Crippen molar-refractivity contribution in [3.8, 4) is 0 Å². The third-order valence-corrected chi connectivity index (χ3v) is 7.03. The molecule has 2 aromatic heterocycles. The van der Waals surface area contributed by atoms with E-state index in [-0.39, 0.29) is 17.0 Å². The molecule has 0 unspecified atom stereocenters. The summed E-state index contributed by atoms with van der Waals surface area (Å²) in [6, 6.07) is 8.46. The average molecular weight is 391 g/mol. The quantitative estimate of drug-likeness (QED) is 0.674. The maximum atomic E-state index is 12.8. The lowest BCUT2D eigenvalue weighted by molar-refractivity contribution is 0.0730. The van der Waals surface area contributed by atoms with Gasteiger partial charge in [-0.15, -0.1) is 11.3 Å². The molecule has 0 atom stereocenters. The number of benzene rings is 1. The second kappa shape index (κ2) is 6.92. The molecule has 1 aromatic carbocycles. The Kier molecular flexibility index (Phi) is 4.62. The lowest BCUT2D eigenvalue weighted by Crippen LogP contribution is -2.40. The summed E-state index contributed by atoms with van der Waals surface area (Å²) in [5, 5.41) is 2.41. The van der Waals surface area contributed by atoms with Crippen molar-refractivity contribution in [2.75, 3.05) is 26.3 Å². The first-order valence-corrected chi connectivity index (χ1v) is 10.5. The van der Waals surface area contributed by atoms with E-state index in [4.69, 9.17) is 4.74 Å². The van der Waals surface area contributed by atoms with Gasteiger partial charge in [-0.2, -0.15) is 4.31 Å². The van der Waals surface area contributed by atoms with Crippen LogP contribution in [-0.2, 0) is 21.3 Å². The van der Waals surface area contributed by atoms with E-state index in [2.05, 4.69) is 4.98 Å². The second-order valence-corrected chi connectivity index (χ2v) is 8.81. The van der Waals surface area contributed by atoms with Crippen LogP contribution in [0.15, 0.2) is 51.7 Å². The van der Waals surface area contributed by atoms with Crippen LogP contribution in [-0.4, -0.2) is 48.6 Å². The maximum Gasteiger partial charge on any atom is 0.262 e. The topological polar surface area (TPSA) is 81.5 Å². The summed E-state index contributed by atoms with van der Waals surface area (Å²) in [7, 11) is -3.56. The Labute approximate surface area is 154 Å². The van der Waals surface area contributed by atoms with Gasteiger partial charge < -0.3 is 4.74 Å². The van der Waals surface area contributed by atoms with Gasteiger partial charge in [-0.1, -0.05) is 12.1 Å². The van der Waals surface area contributed by atoms with E-state index in [9.17, 15) is 13.2 Å². The van der Waals surface area contributed by atoms with Crippen LogP contribution in [0.2, 0.25) is 0 Å². The van der Waals surface area contributed by atoms with Crippen LogP contribution < -0.4 is 5.56 Å². The molecule has 3 aromatic rings. The summed E-state index contributed by atoms with van der Waals surface area (Å²) in [5.74, 6) is 0.